The molecule has 0 fully saturated rings. The smallest absolute Gasteiger partial charge is 0.0571 e. The molecule has 0 bridgehead atoms. The van der Waals surface area contributed by atoms with Gasteiger partial charge in [-0.1, -0.05) is 32.8 Å². The van der Waals surface area contributed by atoms with Crippen LogP contribution in [-0.2, 0) is 0 Å². The first-order chi connectivity index (χ1) is 6.26. The summed E-state index contributed by atoms with van der Waals surface area (Å²) in [6, 6.07) is 0. The van der Waals surface area contributed by atoms with Crippen molar-refractivity contribution >= 4 is 0 Å². The van der Waals surface area contributed by atoms with Gasteiger partial charge in [-0.15, -0.1) is 6.58 Å². The van der Waals surface area contributed by atoms with Crippen LogP contribution in [0.3, 0.4) is 0 Å². The highest BCUT2D eigenvalue weighted by atomic mass is 16.3. The van der Waals surface area contributed by atoms with Crippen LogP contribution < -0.4 is 0 Å². The van der Waals surface area contributed by atoms with Gasteiger partial charge in [0.2, 0.25) is 0 Å². The maximum atomic E-state index is 9.85. The normalized spacial score (nSPS) is 13.2. The minimum absolute atomic E-state index is 0.113. The number of rotatable bonds is 8. The van der Waals surface area contributed by atoms with Crippen LogP contribution >= 0.6 is 0 Å². The molecule has 0 heterocycles. The van der Waals surface area contributed by atoms with E-state index in [1.807, 2.05) is 6.08 Å². The lowest BCUT2D eigenvalue weighted by Gasteiger charge is -2.21. The molecule has 78 valence electrons. The van der Waals surface area contributed by atoms with E-state index < -0.39 is 0 Å². The molecule has 0 radical (unpaired) electrons. The minimum atomic E-state index is -0.113. The molecule has 1 heteroatoms. The summed E-state index contributed by atoms with van der Waals surface area (Å²) in [7, 11) is 0. The second-order valence-electron chi connectivity index (χ2n) is 3.77. The lowest BCUT2D eigenvalue weighted by atomic mass is 9.90. The van der Waals surface area contributed by atoms with Crippen LogP contribution in [0, 0.1) is 5.92 Å². The van der Waals surface area contributed by atoms with Gasteiger partial charge in [0.25, 0.3) is 0 Å². The Labute approximate surface area is 82.9 Å². The Morgan fingerprint density at radius 3 is 2.08 bits per heavy atom. The SMILES string of the molecule is C=CCCC(O)C(CCC)CCC. The molecular formula is C12H24O. The Morgan fingerprint density at radius 2 is 1.69 bits per heavy atom. The lowest BCUT2D eigenvalue weighted by molar-refractivity contribution is 0.0889. The van der Waals surface area contributed by atoms with Crippen molar-refractivity contribution in [2.24, 2.45) is 5.92 Å². The summed E-state index contributed by atoms with van der Waals surface area (Å²) in [6.07, 6.45) is 8.26. The Bertz CT molecular complexity index is 114. The third-order valence-electron chi connectivity index (χ3n) is 2.53. The molecule has 1 nitrogen and oxygen atoms in total. The van der Waals surface area contributed by atoms with Gasteiger partial charge in [-0.05, 0) is 31.6 Å². The van der Waals surface area contributed by atoms with Gasteiger partial charge in [-0.25, -0.2) is 0 Å². The first kappa shape index (κ1) is 12.7. The predicted molar refractivity (Wildman–Crippen MR) is 58.7 cm³/mol. The maximum Gasteiger partial charge on any atom is 0.0571 e. The molecule has 0 spiro atoms. The monoisotopic (exact) mass is 184 g/mol. The van der Waals surface area contributed by atoms with E-state index in [1.165, 1.54) is 12.8 Å². The molecule has 0 aliphatic rings. The van der Waals surface area contributed by atoms with E-state index in [1.54, 1.807) is 0 Å². The van der Waals surface area contributed by atoms with Crippen molar-refractivity contribution in [2.75, 3.05) is 0 Å². The largest absolute Gasteiger partial charge is 0.393 e. The van der Waals surface area contributed by atoms with E-state index >= 15 is 0 Å². The maximum absolute atomic E-state index is 9.85. The fraction of sp³-hybridized carbons (Fsp3) is 0.833. The number of allylic oxidation sites excluding steroid dienone is 1. The van der Waals surface area contributed by atoms with Gasteiger partial charge in [0.15, 0.2) is 0 Å². The van der Waals surface area contributed by atoms with Gasteiger partial charge in [0.1, 0.15) is 0 Å². The van der Waals surface area contributed by atoms with Gasteiger partial charge in [-0.2, -0.15) is 0 Å². The van der Waals surface area contributed by atoms with Crippen molar-refractivity contribution in [3.63, 3.8) is 0 Å². The molecule has 1 N–H and O–H groups in total. The standard InChI is InChI=1S/C12H24O/c1-4-7-10-12(13)11(8-5-2)9-6-3/h4,11-13H,1,5-10H2,2-3H3. The van der Waals surface area contributed by atoms with Gasteiger partial charge in [0.05, 0.1) is 6.10 Å². The molecule has 1 atom stereocenters. The van der Waals surface area contributed by atoms with Crippen molar-refractivity contribution < 1.29 is 5.11 Å². The third-order valence-corrected chi connectivity index (χ3v) is 2.53. The second-order valence-corrected chi connectivity index (χ2v) is 3.77. The Balaban J connectivity index is 3.78. The Hall–Kier alpha value is -0.300. The van der Waals surface area contributed by atoms with Crippen LogP contribution in [0.5, 0.6) is 0 Å². The van der Waals surface area contributed by atoms with Gasteiger partial charge >= 0.3 is 0 Å². The summed E-state index contributed by atoms with van der Waals surface area (Å²) < 4.78 is 0. The molecule has 0 saturated carbocycles. The second kappa shape index (κ2) is 8.31. The number of aliphatic hydroxyl groups excluding tert-OH is 1. The molecule has 0 aromatic carbocycles. The molecule has 0 aliphatic heterocycles. The van der Waals surface area contributed by atoms with Crippen molar-refractivity contribution in [3.05, 3.63) is 12.7 Å². The van der Waals surface area contributed by atoms with Crippen LogP contribution in [0.2, 0.25) is 0 Å². The fourth-order valence-corrected chi connectivity index (χ4v) is 1.80. The van der Waals surface area contributed by atoms with E-state index in [0.29, 0.717) is 5.92 Å². The zero-order valence-corrected chi connectivity index (χ0v) is 9.13. The number of hydrogen-bond acceptors (Lipinski definition) is 1. The van der Waals surface area contributed by atoms with Crippen molar-refractivity contribution in [3.8, 4) is 0 Å². The Morgan fingerprint density at radius 1 is 1.15 bits per heavy atom. The highest BCUT2D eigenvalue weighted by Gasteiger charge is 2.16. The molecule has 13 heavy (non-hydrogen) atoms. The topological polar surface area (TPSA) is 20.2 Å². The number of aliphatic hydroxyl groups is 1. The lowest BCUT2D eigenvalue weighted by Crippen LogP contribution is -2.19. The van der Waals surface area contributed by atoms with Crippen LogP contribution in [0.25, 0.3) is 0 Å². The highest BCUT2D eigenvalue weighted by molar-refractivity contribution is 4.74. The summed E-state index contributed by atoms with van der Waals surface area (Å²) in [5.74, 6) is 0.509. The van der Waals surface area contributed by atoms with Crippen LogP contribution in [0.15, 0.2) is 12.7 Å². The van der Waals surface area contributed by atoms with Gasteiger partial charge < -0.3 is 5.11 Å². The summed E-state index contributed by atoms with van der Waals surface area (Å²) in [5.41, 5.74) is 0. The van der Waals surface area contributed by atoms with Crippen LogP contribution in [0.4, 0.5) is 0 Å². The van der Waals surface area contributed by atoms with Crippen molar-refractivity contribution in [2.45, 2.75) is 58.5 Å². The first-order valence-electron chi connectivity index (χ1n) is 5.55. The van der Waals surface area contributed by atoms with E-state index in [-0.39, 0.29) is 6.10 Å². The average Bonchev–Trinajstić information content (AvgIpc) is 2.14. The molecule has 1 unspecified atom stereocenters. The van der Waals surface area contributed by atoms with E-state index in [4.69, 9.17) is 0 Å². The molecule has 0 saturated heterocycles. The minimum Gasteiger partial charge on any atom is -0.393 e. The van der Waals surface area contributed by atoms with Crippen molar-refractivity contribution in [1.29, 1.82) is 0 Å². The zero-order valence-electron chi connectivity index (χ0n) is 9.13. The quantitative estimate of drug-likeness (QED) is 0.572. The summed E-state index contributed by atoms with van der Waals surface area (Å²) in [5, 5.41) is 9.85. The third kappa shape index (κ3) is 5.87. The summed E-state index contributed by atoms with van der Waals surface area (Å²) in [4.78, 5) is 0. The van der Waals surface area contributed by atoms with Crippen LogP contribution in [0.1, 0.15) is 52.4 Å². The fourth-order valence-electron chi connectivity index (χ4n) is 1.80. The summed E-state index contributed by atoms with van der Waals surface area (Å²) >= 11 is 0. The molecule has 0 rings (SSSR count). The van der Waals surface area contributed by atoms with E-state index in [2.05, 4.69) is 20.4 Å². The molecule has 0 amide bonds. The van der Waals surface area contributed by atoms with E-state index in [0.717, 1.165) is 25.7 Å². The van der Waals surface area contributed by atoms with Crippen molar-refractivity contribution in [1.82, 2.24) is 0 Å². The first-order valence-corrected chi connectivity index (χ1v) is 5.55. The number of hydrogen-bond donors (Lipinski definition) is 1. The highest BCUT2D eigenvalue weighted by Crippen LogP contribution is 2.20. The van der Waals surface area contributed by atoms with Gasteiger partial charge in [-0.3, -0.25) is 0 Å². The van der Waals surface area contributed by atoms with Crippen LogP contribution in [-0.4, -0.2) is 11.2 Å². The molecule has 0 aromatic heterocycles. The van der Waals surface area contributed by atoms with Gasteiger partial charge in [0, 0.05) is 0 Å². The Kier molecular flexibility index (Phi) is 8.11. The molecular weight excluding hydrogens is 160 g/mol. The zero-order chi connectivity index (χ0) is 10.1. The molecule has 0 aromatic rings. The molecule has 0 aliphatic carbocycles. The summed E-state index contributed by atoms with van der Waals surface area (Å²) in [6.45, 7) is 8.04. The predicted octanol–water partition coefficient (Wildman–Crippen LogP) is 3.53. The van der Waals surface area contributed by atoms with E-state index in [9.17, 15) is 5.11 Å². The average molecular weight is 184 g/mol.